The van der Waals surface area contributed by atoms with E-state index in [1.807, 2.05) is 0 Å². The summed E-state index contributed by atoms with van der Waals surface area (Å²) in [4.78, 5) is 10.9. The van der Waals surface area contributed by atoms with Crippen LogP contribution in [0.15, 0.2) is 0 Å². The highest BCUT2D eigenvalue weighted by Crippen LogP contribution is 2.15. The Bertz CT molecular complexity index is 357. The molecule has 1 aliphatic heterocycles. The second kappa shape index (κ2) is 2.85. The van der Waals surface area contributed by atoms with E-state index in [0.29, 0.717) is 17.8 Å². The van der Waals surface area contributed by atoms with Gasteiger partial charge in [0.1, 0.15) is 5.56 Å². The Kier molecular flexibility index (Phi) is 1.81. The molecule has 0 atom stereocenters. The van der Waals surface area contributed by atoms with E-state index in [0.717, 1.165) is 18.8 Å². The number of carbonyl (C=O) groups is 1. The zero-order valence-corrected chi connectivity index (χ0v) is 7.37. The molecule has 1 aromatic rings. The lowest BCUT2D eigenvalue weighted by Gasteiger charge is -2.14. The summed E-state index contributed by atoms with van der Waals surface area (Å²) < 4.78 is 1.77. The molecule has 2 N–H and O–H groups in total. The third-order valence-electron chi connectivity index (χ3n) is 2.24. The Balaban J connectivity index is 2.54. The topological polar surface area (TPSA) is 67.2 Å². The van der Waals surface area contributed by atoms with Crippen molar-refractivity contribution in [1.29, 1.82) is 0 Å². The molecule has 0 radical (unpaired) electrons. The van der Waals surface area contributed by atoms with Crippen molar-refractivity contribution in [3.8, 4) is 0 Å². The molecule has 2 rings (SSSR count). The number of hydrogen-bond donors (Lipinski definition) is 2. The molecule has 0 saturated carbocycles. The molecular weight excluding hydrogens is 170 g/mol. The number of aryl methyl sites for hydroxylation is 1. The molecule has 0 spiro atoms. The van der Waals surface area contributed by atoms with Crippen LogP contribution in [0, 0.1) is 6.92 Å². The lowest BCUT2D eigenvalue weighted by atomic mass is 10.2. The highest BCUT2D eigenvalue weighted by atomic mass is 16.4. The van der Waals surface area contributed by atoms with E-state index in [-0.39, 0.29) is 0 Å². The highest BCUT2D eigenvalue weighted by molar-refractivity contribution is 5.90. The average molecular weight is 181 g/mol. The quantitative estimate of drug-likeness (QED) is 0.639. The zero-order chi connectivity index (χ0) is 9.42. The first kappa shape index (κ1) is 8.25. The molecule has 0 unspecified atom stereocenters. The first-order chi connectivity index (χ1) is 6.20. The van der Waals surface area contributed by atoms with Gasteiger partial charge in [0.2, 0.25) is 0 Å². The van der Waals surface area contributed by atoms with Gasteiger partial charge in [-0.1, -0.05) is 0 Å². The van der Waals surface area contributed by atoms with Crippen molar-refractivity contribution < 1.29 is 9.90 Å². The molecule has 0 fully saturated rings. The third-order valence-corrected chi connectivity index (χ3v) is 2.24. The maximum absolute atomic E-state index is 10.9. The van der Waals surface area contributed by atoms with Crippen LogP contribution in [-0.4, -0.2) is 27.4 Å². The van der Waals surface area contributed by atoms with Crippen molar-refractivity contribution in [1.82, 2.24) is 15.1 Å². The smallest absolute Gasteiger partial charge is 0.339 e. The number of hydrogen-bond acceptors (Lipinski definition) is 3. The maximum Gasteiger partial charge on any atom is 0.339 e. The predicted molar refractivity (Wildman–Crippen MR) is 45.6 cm³/mol. The highest BCUT2D eigenvalue weighted by Gasteiger charge is 2.22. The minimum absolute atomic E-state index is 0.354. The van der Waals surface area contributed by atoms with E-state index in [9.17, 15) is 4.79 Å². The van der Waals surface area contributed by atoms with Crippen LogP contribution in [0.5, 0.6) is 0 Å². The molecule has 0 saturated heterocycles. The van der Waals surface area contributed by atoms with E-state index >= 15 is 0 Å². The second-order valence-electron chi connectivity index (χ2n) is 3.11. The van der Waals surface area contributed by atoms with Gasteiger partial charge in [-0.3, -0.25) is 4.68 Å². The van der Waals surface area contributed by atoms with Gasteiger partial charge in [-0.2, -0.15) is 5.10 Å². The van der Waals surface area contributed by atoms with Gasteiger partial charge in [-0.05, 0) is 6.92 Å². The number of rotatable bonds is 1. The number of aromatic nitrogens is 2. The number of nitrogens with zero attached hydrogens (tertiary/aromatic N) is 2. The molecule has 70 valence electrons. The van der Waals surface area contributed by atoms with Gasteiger partial charge >= 0.3 is 5.97 Å². The maximum atomic E-state index is 10.9. The standard InChI is InChI=1S/C8H11N3O2/c1-5-7(8(12)13)6-4-9-2-3-11(6)10-5/h9H,2-4H2,1H3,(H,12,13). The van der Waals surface area contributed by atoms with E-state index in [2.05, 4.69) is 10.4 Å². The van der Waals surface area contributed by atoms with Crippen molar-refractivity contribution in [3.63, 3.8) is 0 Å². The Labute approximate surface area is 75.4 Å². The van der Waals surface area contributed by atoms with Gasteiger partial charge in [-0.25, -0.2) is 4.79 Å². The summed E-state index contributed by atoms with van der Waals surface area (Å²) in [6.07, 6.45) is 0. The Morgan fingerprint density at radius 3 is 3.15 bits per heavy atom. The largest absolute Gasteiger partial charge is 0.478 e. The van der Waals surface area contributed by atoms with Crippen LogP contribution in [0.2, 0.25) is 0 Å². The Hall–Kier alpha value is -1.36. The molecule has 1 aromatic heterocycles. The minimum Gasteiger partial charge on any atom is -0.478 e. The van der Waals surface area contributed by atoms with Crippen molar-refractivity contribution in [2.45, 2.75) is 20.0 Å². The van der Waals surface area contributed by atoms with Crippen LogP contribution in [-0.2, 0) is 13.1 Å². The molecule has 0 aliphatic carbocycles. The first-order valence-electron chi connectivity index (χ1n) is 4.20. The fourth-order valence-corrected chi connectivity index (χ4v) is 1.66. The lowest BCUT2D eigenvalue weighted by Crippen LogP contribution is -2.29. The van der Waals surface area contributed by atoms with Crippen LogP contribution in [0.4, 0.5) is 0 Å². The summed E-state index contributed by atoms with van der Waals surface area (Å²) in [5.74, 6) is -0.887. The molecule has 0 amide bonds. The summed E-state index contributed by atoms with van der Waals surface area (Å²) in [5.41, 5.74) is 1.75. The lowest BCUT2D eigenvalue weighted by molar-refractivity contribution is 0.0694. The summed E-state index contributed by atoms with van der Waals surface area (Å²) in [7, 11) is 0. The van der Waals surface area contributed by atoms with Gasteiger partial charge in [0.25, 0.3) is 0 Å². The first-order valence-corrected chi connectivity index (χ1v) is 4.20. The Morgan fingerprint density at radius 2 is 2.46 bits per heavy atom. The molecule has 13 heavy (non-hydrogen) atoms. The fraction of sp³-hybridized carbons (Fsp3) is 0.500. The minimum atomic E-state index is -0.887. The van der Waals surface area contributed by atoms with Gasteiger partial charge in [0.05, 0.1) is 17.9 Å². The normalized spacial score (nSPS) is 15.5. The van der Waals surface area contributed by atoms with E-state index in [1.165, 1.54) is 0 Å². The van der Waals surface area contributed by atoms with Crippen LogP contribution in [0.1, 0.15) is 21.7 Å². The SMILES string of the molecule is Cc1nn2c(c1C(=O)O)CNCC2. The van der Waals surface area contributed by atoms with Crippen molar-refractivity contribution in [3.05, 3.63) is 17.0 Å². The van der Waals surface area contributed by atoms with Crippen molar-refractivity contribution >= 4 is 5.97 Å². The molecule has 5 heteroatoms. The summed E-state index contributed by atoms with van der Waals surface area (Å²) in [5, 5.41) is 16.2. The van der Waals surface area contributed by atoms with Crippen LogP contribution >= 0.6 is 0 Å². The van der Waals surface area contributed by atoms with E-state index in [4.69, 9.17) is 5.11 Å². The monoisotopic (exact) mass is 181 g/mol. The number of aromatic carboxylic acids is 1. The van der Waals surface area contributed by atoms with E-state index in [1.54, 1.807) is 11.6 Å². The number of nitrogens with one attached hydrogen (secondary N) is 1. The van der Waals surface area contributed by atoms with Crippen LogP contribution < -0.4 is 5.32 Å². The molecule has 0 bridgehead atoms. The Morgan fingerprint density at radius 1 is 1.69 bits per heavy atom. The number of fused-ring (bicyclic) bond motifs is 1. The molecular formula is C8H11N3O2. The summed E-state index contributed by atoms with van der Waals surface area (Å²) in [6.45, 7) is 3.94. The third kappa shape index (κ3) is 1.21. The van der Waals surface area contributed by atoms with Crippen LogP contribution in [0.25, 0.3) is 0 Å². The predicted octanol–water partition coefficient (Wildman–Crippen LogP) is -0.00708. The number of carboxylic acids is 1. The second-order valence-corrected chi connectivity index (χ2v) is 3.11. The molecule has 5 nitrogen and oxygen atoms in total. The number of carboxylic acid groups (broad SMARTS) is 1. The zero-order valence-electron chi connectivity index (χ0n) is 7.37. The van der Waals surface area contributed by atoms with Crippen molar-refractivity contribution in [2.75, 3.05) is 6.54 Å². The molecule has 1 aliphatic rings. The van der Waals surface area contributed by atoms with Gasteiger partial charge < -0.3 is 10.4 Å². The van der Waals surface area contributed by atoms with Crippen LogP contribution in [0.3, 0.4) is 0 Å². The average Bonchev–Trinajstić information content (AvgIpc) is 2.39. The summed E-state index contributed by atoms with van der Waals surface area (Å²) >= 11 is 0. The molecule has 0 aromatic carbocycles. The molecule has 2 heterocycles. The van der Waals surface area contributed by atoms with Gasteiger partial charge in [-0.15, -0.1) is 0 Å². The van der Waals surface area contributed by atoms with E-state index < -0.39 is 5.97 Å². The fourth-order valence-electron chi connectivity index (χ4n) is 1.66. The van der Waals surface area contributed by atoms with Gasteiger partial charge in [0.15, 0.2) is 0 Å². The summed E-state index contributed by atoms with van der Waals surface area (Å²) in [6, 6.07) is 0. The van der Waals surface area contributed by atoms with Crippen molar-refractivity contribution in [2.24, 2.45) is 0 Å². The van der Waals surface area contributed by atoms with Gasteiger partial charge in [0, 0.05) is 13.1 Å².